The average molecular weight is 474 g/mol. The lowest BCUT2D eigenvalue weighted by Gasteiger charge is -2.25. The number of benzene rings is 3. The number of amides is 1. The van der Waals surface area contributed by atoms with Crippen LogP contribution in [0.15, 0.2) is 63.8 Å². The molecule has 3 aromatic carbocycles. The van der Waals surface area contributed by atoms with Crippen LogP contribution in [0.4, 0.5) is 0 Å². The average Bonchev–Trinajstić information content (AvgIpc) is 3.38. The van der Waals surface area contributed by atoms with Crippen LogP contribution in [0.2, 0.25) is 5.02 Å². The van der Waals surface area contributed by atoms with Gasteiger partial charge in [-0.15, -0.1) is 0 Å². The Morgan fingerprint density at radius 1 is 0.971 bits per heavy atom. The number of rotatable bonds is 3. The van der Waals surface area contributed by atoms with E-state index >= 15 is 0 Å². The van der Waals surface area contributed by atoms with Crippen LogP contribution in [0.25, 0.3) is 11.0 Å². The minimum atomic E-state index is -0.631. The van der Waals surface area contributed by atoms with Crippen LogP contribution >= 0.6 is 11.6 Å². The molecule has 0 aliphatic carbocycles. The zero-order valence-electron chi connectivity index (χ0n) is 18.6. The molecule has 6 rings (SSSR count). The highest BCUT2D eigenvalue weighted by Crippen LogP contribution is 2.41. The van der Waals surface area contributed by atoms with E-state index in [2.05, 4.69) is 0 Å². The number of carbonyl (C=O) groups is 1. The number of hydrogen-bond donors (Lipinski definition) is 0. The molecule has 0 saturated carbocycles. The SMILES string of the molecule is Cc1cc2oc3c(c(=O)c2cc1C)[C@@H](c1cccc(Cl)c1)N(Cc1ccc2c(c1)OCO2)C3=O. The third-order valence-corrected chi connectivity index (χ3v) is 6.77. The van der Waals surface area contributed by atoms with E-state index in [1.165, 1.54) is 0 Å². The number of hydrogen-bond acceptors (Lipinski definition) is 5. The van der Waals surface area contributed by atoms with Crippen molar-refractivity contribution in [3.8, 4) is 11.5 Å². The molecular formula is C27H20ClNO5. The van der Waals surface area contributed by atoms with E-state index in [9.17, 15) is 9.59 Å². The Morgan fingerprint density at radius 3 is 2.59 bits per heavy atom. The van der Waals surface area contributed by atoms with E-state index in [1.807, 2.05) is 56.3 Å². The van der Waals surface area contributed by atoms with Gasteiger partial charge in [0.15, 0.2) is 16.9 Å². The van der Waals surface area contributed by atoms with E-state index in [0.29, 0.717) is 33.1 Å². The molecule has 7 heteroatoms. The molecule has 2 aliphatic rings. The van der Waals surface area contributed by atoms with Gasteiger partial charge in [0.25, 0.3) is 5.91 Å². The summed E-state index contributed by atoms with van der Waals surface area (Å²) in [5.74, 6) is 1.04. The quantitative estimate of drug-likeness (QED) is 0.391. The van der Waals surface area contributed by atoms with E-state index < -0.39 is 6.04 Å². The number of nitrogens with zero attached hydrogens (tertiary/aromatic N) is 1. The highest BCUT2D eigenvalue weighted by atomic mass is 35.5. The largest absolute Gasteiger partial charge is 0.454 e. The van der Waals surface area contributed by atoms with Crippen molar-refractivity contribution in [3.05, 3.63) is 103 Å². The van der Waals surface area contributed by atoms with Gasteiger partial charge in [0.1, 0.15) is 5.58 Å². The van der Waals surface area contributed by atoms with Crippen LogP contribution in [0.3, 0.4) is 0 Å². The van der Waals surface area contributed by atoms with Crippen molar-refractivity contribution in [2.24, 2.45) is 0 Å². The maximum atomic E-state index is 13.7. The van der Waals surface area contributed by atoms with Crippen LogP contribution in [0.1, 0.15) is 44.4 Å². The fourth-order valence-electron chi connectivity index (χ4n) is 4.70. The molecule has 4 aromatic rings. The summed E-state index contributed by atoms with van der Waals surface area (Å²) in [4.78, 5) is 29.0. The molecule has 6 nitrogen and oxygen atoms in total. The summed E-state index contributed by atoms with van der Waals surface area (Å²) in [6, 6.07) is 15.8. The fraction of sp³-hybridized carbons (Fsp3) is 0.185. The monoisotopic (exact) mass is 473 g/mol. The van der Waals surface area contributed by atoms with Crippen LogP contribution in [-0.2, 0) is 6.54 Å². The molecule has 0 unspecified atom stereocenters. The summed E-state index contributed by atoms with van der Waals surface area (Å²) >= 11 is 6.30. The van der Waals surface area contributed by atoms with E-state index in [4.69, 9.17) is 25.5 Å². The van der Waals surface area contributed by atoms with E-state index in [-0.39, 0.29) is 30.4 Å². The van der Waals surface area contributed by atoms with Crippen molar-refractivity contribution >= 4 is 28.5 Å². The summed E-state index contributed by atoms with van der Waals surface area (Å²) in [6.45, 7) is 4.32. The fourth-order valence-corrected chi connectivity index (χ4v) is 4.90. The number of ether oxygens (including phenoxy) is 2. The first-order valence-corrected chi connectivity index (χ1v) is 11.3. The highest BCUT2D eigenvalue weighted by Gasteiger charge is 2.43. The zero-order valence-corrected chi connectivity index (χ0v) is 19.3. The second-order valence-electron chi connectivity index (χ2n) is 8.68. The lowest BCUT2D eigenvalue weighted by atomic mass is 9.97. The standard InChI is InChI=1S/C27H20ClNO5/c1-14-8-19-21(9-15(14)2)34-26-23(25(19)30)24(17-4-3-5-18(28)11-17)29(27(26)31)12-16-6-7-20-22(10-16)33-13-32-20/h3-11,24H,12-13H2,1-2H3/t24-/m1/s1. The summed E-state index contributed by atoms with van der Waals surface area (Å²) in [6.07, 6.45) is 0. The third kappa shape index (κ3) is 3.17. The van der Waals surface area contributed by atoms with Crippen molar-refractivity contribution in [3.63, 3.8) is 0 Å². The van der Waals surface area contributed by atoms with Gasteiger partial charge in [-0.1, -0.05) is 29.8 Å². The minimum Gasteiger partial charge on any atom is -0.454 e. The molecular weight excluding hydrogens is 454 g/mol. The van der Waals surface area contributed by atoms with Crippen LogP contribution in [0, 0.1) is 13.8 Å². The van der Waals surface area contributed by atoms with Gasteiger partial charge in [0.05, 0.1) is 17.0 Å². The van der Waals surface area contributed by atoms with E-state index in [1.54, 1.807) is 17.0 Å². The maximum Gasteiger partial charge on any atom is 0.291 e. The van der Waals surface area contributed by atoms with Crippen molar-refractivity contribution in [2.45, 2.75) is 26.4 Å². The molecule has 0 bridgehead atoms. The summed E-state index contributed by atoms with van der Waals surface area (Å²) in [5.41, 5.74) is 4.12. The molecule has 0 radical (unpaired) electrons. The molecule has 1 aromatic heterocycles. The van der Waals surface area contributed by atoms with Gasteiger partial charge in [-0.05, 0) is 72.5 Å². The molecule has 1 atom stereocenters. The lowest BCUT2D eigenvalue weighted by molar-refractivity contribution is 0.0714. The Kier molecular flexibility index (Phi) is 4.67. The van der Waals surface area contributed by atoms with Gasteiger partial charge in [0, 0.05) is 11.6 Å². The third-order valence-electron chi connectivity index (χ3n) is 6.54. The van der Waals surface area contributed by atoms with Crippen LogP contribution in [0.5, 0.6) is 11.5 Å². The molecule has 170 valence electrons. The predicted octanol–water partition coefficient (Wildman–Crippen LogP) is 5.54. The Hall–Kier alpha value is -3.77. The van der Waals surface area contributed by atoms with Gasteiger partial charge in [-0.3, -0.25) is 9.59 Å². The first-order chi connectivity index (χ1) is 16.4. The summed E-state index contributed by atoms with van der Waals surface area (Å²) < 4.78 is 17.0. The lowest BCUT2D eigenvalue weighted by Crippen LogP contribution is -2.29. The van der Waals surface area contributed by atoms with Crippen LogP contribution in [-0.4, -0.2) is 17.6 Å². The molecule has 0 saturated heterocycles. The number of halogens is 1. The van der Waals surface area contributed by atoms with Gasteiger partial charge in [0.2, 0.25) is 12.6 Å². The normalized spacial score (nSPS) is 16.4. The molecule has 1 amide bonds. The van der Waals surface area contributed by atoms with Crippen molar-refractivity contribution in [1.82, 2.24) is 4.90 Å². The van der Waals surface area contributed by atoms with Gasteiger partial charge >= 0.3 is 0 Å². The number of fused-ring (bicyclic) bond motifs is 3. The molecule has 0 spiro atoms. The Balaban J connectivity index is 1.54. The van der Waals surface area contributed by atoms with Crippen molar-refractivity contribution in [1.29, 1.82) is 0 Å². The van der Waals surface area contributed by atoms with Gasteiger partial charge in [-0.25, -0.2) is 0 Å². The van der Waals surface area contributed by atoms with Crippen molar-refractivity contribution in [2.75, 3.05) is 6.79 Å². The number of aryl methyl sites for hydroxylation is 2. The highest BCUT2D eigenvalue weighted by molar-refractivity contribution is 6.30. The van der Waals surface area contributed by atoms with Crippen molar-refractivity contribution < 1.29 is 18.7 Å². The Bertz CT molecular complexity index is 1560. The molecule has 0 fully saturated rings. The smallest absolute Gasteiger partial charge is 0.291 e. The summed E-state index contributed by atoms with van der Waals surface area (Å²) in [7, 11) is 0. The topological polar surface area (TPSA) is 69.0 Å². The van der Waals surface area contributed by atoms with Gasteiger partial charge in [-0.2, -0.15) is 0 Å². The zero-order chi connectivity index (χ0) is 23.6. The Morgan fingerprint density at radius 2 is 1.76 bits per heavy atom. The molecule has 2 aliphatic heterocycles. The second-order valence-corrected chi connectivity index (χ2v) is 9.12. The van der Waals surface area contributed by atoms with E-state index in [0.717, 1.165) is 22.3 Å². The first kappa shape index (κ1) is 20.8. The summed E-state index contributed by atoms with van der Waals surface area (Å²) in [5, 5.41) is 0.990. The van der Waals surface area contributed by atoms with Crippen LogP contribution < -0.4 is 14.9 Å². The predicted molar refractivity (Wildman–Crippen MR) is 128 cm³/mol. The first-order valence-electron chi connectivity index (χ1n) is 10.9. The maximum absolute atomic E-state index is 13.7. The molecule has 3 heterocycles. The Labute approximate surface area is 200 Å². The molecule has 0 N–H and O–H groups in total. The second kappa shape index (κ2) is 7.64. The minimum absolute atomic E-state index is 0.0754. The molecule has 34 heavy (non-hydrogen) atoms. The number of carbonyl (C=O) groups excluding carboxylic acids is 1. The van der Waals surface area contributed by atoms with Gasteiger partial charge < -0.3 is 18.8 Å².